The lowest BCUT2D eigenvalue weighted by atomic mass is 10.4. The van der Waals surface area contributed by atoms with Gasteiger partial charge in [-0.1, -0.05) is 6.92 Å². The Balaban J connectivity index is 2.52. The molecule has 0 aliphatic heterocycles. The summed E-state index contributed by atoms with van der Waals surface area (Å²) < 4.78 is 0. The molecular weight excluding hydrogens is 206 g/mol. The molecule has 6 nitrogen and oxygen atoms in total. The van der Waals surface area contributed by atoms with Gasteiger partial charge in [-0.15, -0.1) is 0 Å². The van der Waals surface area contributed by atoms with E-state index in [4.69, 9.17) is 5.73 Å². The molecule has 0 fully saturated rings. The zero-order valence-electron chi connectivity index (χ0n) is 9.60. The van der Waals surface area contributed by atoms with Crippen molar-refractivity contribution in [3.8, 4) is 0 Å². The number of likely N-dealkylation sites (N-methyl/N-ethyl adjacent to an activating group) is 1. The molecule has 0 radical (unpaired) electrons. The quantitative estimate of drug-likeness (QED) is 0.735. The third kappa shape index (κ3) is 3.72. The largest absolute Gasteiger partial charge is 0.384 e. The van der Waals surface area contributed by atoms with Gasteiger partial charge in [0.05, 0.1) is 6.54 Å². The number of nitrogen functional groups attached to an aromatic ring is 1. The molecular formula is C10H17N5O. The highest BCUT2D eigenvalue weighted by molar-refractivity contribution is 5.80. The van der Waals surface area contributed by atoms with Gasteiger partial charge in [-0.2, -0.15) is 0 Å². The van der Waals surface area contributed by atoms with Crippen LogP contribution in [0.15, 0.2) is 12.4 Å². The number of nitrogens with zero attached hydrogens (tertiary/aromatic N) is 3. The molecule has 0 unspecified atom stereocenters. The number of nitrogens with two attached hydrogens (primary N) is 1. The summed E-state index contributed by atoms with van der Waals surface area (Å²) in [4.78, 5) is 21.0. The molecule has 0 spiro atoms. The van der Waals surface area contributed by atoms with Crippen molar-refractivity contribution in [2.24, 2.45) is 0 Å². The van der Waals surface area contributed by atoms with Gasteiger partial charge in [0.25, 0.3) is 0 Å². The number of hydrogen-bond donors (Lipinski definition) is 2. The van der Waals surface area contributed by atoms with Gasteiger partial charge >= 0.3 is 0 Å². The number of amides is 1. The summed E-state index contributed by atoms with van der Waals surface area (Å²) in [6.07, 6.45) is 2.31. The average Bonchev–Trinajstić information content (AvgIpc) is 2.26. The average molecular weight is 223 g/mol. The van der Waals surface area contributed by atoms with Gasteiger partial charge in [-0.05, 0) is 6.42 Å². The van der Waals surface area contributed by atoms with E-state index in [9.17, 15) is 4.79 Å². The monoisotopic (exact) mass is 223 g/mol. The third-order valence-corrected chi connectivity index (χ3v) is 2.02. The number of carbonyl (C=O) groups excluding carboxylic acids is 1. The molecule has 88 valence electrons. The van der Waals surface area contributed by atoms with Gasteiger partial charge in [-0.3, -0.25) is 4.79 Å². The van der Waals surface area contributed by atoms with Crippen molar-refractivity contribution in [1.29, 1.82) is 0 Å². The Morgan fingerprint density at radius 3 is 2.94 bits per heavy atom. The van der Waals surface area contributed by atoms with Crippen LogP contribution in [0.5, 0.6) is 0 Å². The summed E-state index contributed by atoms with van der Waals surface area (Å²) in [6, 6.07) is 1.63. The summed E-state index contributed by atoms with van der Waals surface area (Å²) in [6.45, 7) is 2.96. The molecule has 0 aromatic carbocycles. The van der Waals surface area contributed by atoms with Crippen LogP contribution < -0.4 is 16.0 Å². The molecule has 0 saturated heterocycles. The number of anilines is 2. The lowest BCUT2D eigenvalue weighted by Gasteiger charge is -2.17. The Kier molecular flexibility index (Phi) is 4.50. The molecule has 0 aliphatic carbocycles. The van der Waals surface area contributed by atoms with Crippen molar-refractivity contribution < 1.29 is 4.79 Å². The van der Waals surface area contributed by atoms with Gasteiger partial charge in [0.2, 0.25) is 5.91 Å². The van der Waals surface area contributed by atoms with Crippen LogP contribution in [0.4, 0.5) is 11.6 Å². The minimum absolute atomic E-state index is 0.0264. The predicted molar refractivity (Wildman–Crippen MR) is 63.0 cm³/mol. The van der Waals surface area contributed by atoms with Crippen LogP contribution in [0.25, 0.3) is 0 Å². The first-order valence-electron chi connectivity index (χ1n) is 5.19. The van der Waals surface area contributed by atoms with E-state index in [-0.39, 0.29) is 12.5 Å². The minimum Gasteiger partial charge on any atom is -0.384 e. The number of aromatic nitrogens is 2. The number of nitrogens with one attached hydrogen (secondary N) is 1. The summed E-state index contributed by atoms with van der Waals surface area (Å²) in [5, 5.41) is 2.79. The molecule has 1 rings (SSSR count). The first-order chi connectivity index (χ1) is 7.63. The molecule has 0 bridgehead atoms. The third-order valence-electron chi connectivity index (χ3n) is 2.02. The molecule has 0 aliphatic rings. The van der Waals surface area contributed by atoms with E-state index in [2.05, 4.69) is 15.3 Å². The number of carbonyl (C=O) groups is 1. The second kappa shape index (κ2) is 5.89. The van der Waals surface area contributed by atoms with Crippen molar-refractivity contribution in [2.75, 3.05) is 30.8 Å². The van der Waals surface area contributed by atoms with Crippen molar-refractivity contribution in [3.63, 3.8) is 0 Å². The zero-order chi connectivity index (χ0) is 12.0. The van der Waals surface area contributed by atoms with Crippen LogP contribution in [0, 0.1) is 0 Å². The predicted octanol–water partition coefficient (Wildman–Crippen LogP) is 0.0212. The number of rotatable bonds is 5. The highest BCUT2D eigenvalue weighted by Crippen LogP contribution is 2.09. The first kappa shape index (κ1) is 12.2. The zero-order valence-corrected chi connectivity index (χ0v) is 9.60. The molecule has 0 saturated carbocycles. The van der Waals surface area contributed by atoms with Crippen LogP contribution in [0.1, 0.15) is 13.3 Å². The fourth-order valence-corrected chi connectivity index (χ4v) is 1.19. The SMILES string of the molecule is CCCNC(=O)CN(C)c1cc(N)ncn1. The van der Waals surface area contributed by atoms with E-state index >= 15 is 0 Å². The van der Waals surface area contributed by atoms with Gasteiger partial charge in [0.1, 0.15) is 18.0 Å². The standard InChI is InChI=1S/C10H17N5O/c1-3-4-12-10(16)6-15(2)9-5-8(11)13-7-14-9/h5,7H,3-4,6H2,1-2H3,(H,12,16)(H2,11,13,14). The van der Waals surface area contributed by atoms with Crippen LogP contribution in [-0.4, -0.2) is 36.0 Å². The van der Waals surface area contributed by atoms with Crippen molar-refractivity contribution >= 4 is 17.5 Å². The van der Waals surface area contributed by atoms with E-state index in [0.717, 1.165) is 6.42 Å². The molecule has 1 amide bonds. The Morgan fingerprint density at radius 1 is 1.56 bits per heavy atom. The molecule has 1 aromatic heterocycles. The van der Waals surface area contributed by atoms with E-state index in [1.165, 1.54) is 6.33 Å². The Hall–Kier alpha value is -1.85. The van der Waals surface area contributed by atoms with E-state index in [1.807, 2.05) is 6.92 Å². The first-order valence-corrected chi connectivity index (χ1v) is 5.19. The molecule has 1 heterocycles. The Bertz CT molecular complexity index is 355. The van der Waals surface area contributed by atoms with Crippen LogP contribution in [0.2, 0.25) is 0 Å². The van der Waals surface area contributed by atoms with Crippen molar-refractivity contribution in [2.45, 2.75) is 13.3 Å². The maximum atomic E-state index is 11.4. The van der Waals surface area contributed by atoms with Gasteiger partial charge < -0.3 is 16.0 Å². The molecule has 1 aromatic rings. The summed E-state index contributed by atoms with van der Waals surface area (Å²) in [5.74, 6) is 1.01. The molecule has 6 heteroatoms. The fraction of sp³-hybridized carbons (Fsp3) is 0.500. The van der Waals surface area contributed by atoms with E-state index in [0.29, 0.717) is 18.2 Å². The lowest BCUT2D eigenvalue weighted by molar-refractivity contribution is -0.119. The van der Waals surface area contributed by atoms with Crippen molar-refractivity contribution in [3.05, 3.63) is 12.4 Å². The molecule has 16 heavy (non-hydrogen) atoms. The summed E-state index contributed by atoms with van der Waals surface area (Å²) in [5.41, 5.74) is 5.53. The highest BCUT2D eigenvalue weighted by atomic mass is 16.2. The summed E-state index contributed by atoms with van der Waals surface area (Å²) in [7, 11) is 1.79. The van der Waals surface area contributed by atoms with E-state index in [1.54, 1.807) is 18.0 Å². The molecule has 3 N–H and O–H groups in total. The Morgan fingerprint density at radius 2 is 2.31 bits per heavy atom. The molecule has 0 atom stereocenters. The van der Waals surface area contributed by atoms with E-state index < -0.39 is 0 Å². The smallest absolute Gasteiger partial charge is 0.239 e. The van der Waals surface area contributed by atoms with Gasteiger partial charge in [-0.25, -0.2) is 9.97 Å². The maximum Gasteiger partial charge on any atom is 0.239 e. The van der Waals surface area contributed by atoms with Crippen LogP contribution >= 0.6 is 0 Å². The minimum atomic E-state index is -0.0264. The van der Waals surface area contributed by atoms with Crippen LogP contribution in [0.3, 0.4) is 0 Å². The second-order valence-electron chi connectivity index (χ2n) is 3.51. The summed E-state index contributed by atoms with van der Waals surface area (Å²) >= 11 is 0. The van der Waals surface area contributed by atoms with Gasteiger partial charge in [0, 0.05) is 19.7 Å². The Labute approximate surface area is 94.9 Å². The topological polar surface area (TPSA) is 84.1 Å². The second-order valence-corrected chi connectivity index (χ2v) is 3.51. The fourth-order valence-electron chi connectivity index (χ4n) is 1.19. The van der Waals surface area contributed by atoms with Crippen molar-refractivity contribution in [1.82, 2.24) is 15.3 Å². The maximum absolute atomic E-state index is 11.4. The normalized spacial score (nSPS) is 9.88. The lowest BCUT2D eigenvalue weighted by Crippen LogP contribution is -2.35. The number of hydrogen-bond acceptors (Lipinski definition) is 5. The highest BCUT2D eigenvalue weighted by Gasteiger charge is 2.07. The van der Waals surface area contributed by atoms with Crippen LogP contribution in [-0.2, 0) is 4.79 Å². The van der Waals surface area contributed by atoms with Gasteiger partial charge in [0.15, 0.2) is 0 Å².